The van der Waals surface area contributed by atoms with Crippen molar-refractivity contribution in [1.82, 2.24) is 30.6 Å². The second-order valence-corrected chi connectivity index (χ2v) is 12.0. The van der Waals surface area contributed by atoms with Gasteiger partial charge in [-0.15, -0.1) is 0 Å². The van der Waals surface area contributed by atoms with E-state index < -0.39 is 22.9 Å². The van der Waals surface area contributed by atoms with Crippen LogP contribution in [0.3, 0.4) is 0 Å². The van der Waals surface area contributed by atoms with Crippen molar-refractivity contribution in [3.63, 3.8) is 0 Å². The van der Waals surface area contributed by atoms with Crippen LogP contribution in [-0.2, 0) is 28.7 Å². The standard InChI is InChI=1S/C32H35N7O5/c1-18(15-33)38(23-9-10-23)26(40)16-36-31(2)17-32(29-37-30(43)44-39(29)31)24-11-7-21(27(41)34-3)13-19(24)5-6-20-14-22(28(42)35-4)8-12-25(20)32/h7-8,11-14,18,23,36H,5-6,9-10,16-17H2,1-4H3,(H,34,41)(H,35,42)/t18?,31-/m0/s1. The van der Waals surface area contributed by atoms with Crippen molar-refractivity contribution in [2.24, 2.45) is 0 Å². The van der Waals surface area contributed by atoms with Crippen LogP contribution < -0.4 is 21.7 Å². The fourth-order valence-electron chi connectivity index (χ4n) is 7.04. The normalized spacial score (nSPS) is 20.0. The van der Waals surface area contributed by atoms with Crippen LogP contribution in [0.15, 0.2) is 45.7 Å². The summed E-state index contributed by atoms with van der Waals surface area (Å²) in [5.41, 5.74) is 2.50. The summed E-state index contributed by atoms with van der Waals surface area (Å²) in [7, 11) is 3.16. The SMILES string of the molecule is CNC(=O)c1ccc2c(c1)CCc1cc(C(=O)NC)ccc1C21C[C@@](C)(NCC(=O)N(C(C)C#N)C2CC2)n2oc(=O)nc21. The molecule has 3 aromatic rings. The Labute approximate surface area is 254 Å². The molecular weight excluding hydrogens is 562 g/mol. The molecule has 2 aromatic carbocycles. The monoisotopic (exact) mass is 597 g/mol. The summed E-state index contributed by atoms with van der Waals surface area (Å²) in [6.07, 6.45) is 3.22. The Balaban J connectivity index is 1.50. The van der Waals surface area contributed by atoms with Crippen LogP contribution >= 0.6 is 0 Å². The smallest absolute Gasteiger partial charge is 0.355 e. The van der Waals surface area contributed by atoms with Gasteiger partial charge < -0.3 is 20.1 Å². The van der Waals surface area contributed by atoms with Crippen molar-refractivity contribution < 1.29 is 18.9 Å². The van der Waals surface area contributed by atoms with Gasteiger partial charge in [0.2, 0.25) is 5.91 Å². The van der Waals surface area contributed by atoms with E-state index in [2.05, 4.69) is 27.0 Å². The summed E-state index contributed by atoms with van der Waals surface area (Å²) in [5, 5.41) is 18.3. The van der Waals surface area contributed by atoms with Gasteiger partial charge in [-0.25, -0.2) is 4.79 Å². The van der Waals surface area contributed by atoms with E-state index in [1.165, 1.54) is 4.74 Å². The fourth-order valence-corrected chi connectivity index (χ4v) is 7.04. The number of amides is 3. The average molecular weight is 598 g/mol. The molecule has 0 bridgehead atoms. The molecule has 0 radical (unpaired) electrons. The zero-order chi connectivity index (χ0) is 31.4. The Kier molecular flexibility index (Phi) is 7.16. The summed E-state index contributed by atoms with van der Waals surface area (Å²) in [4.78, 5) is 57.5. The molecular formula is C32H35N7O5. The summed E-state index contributed by atoms with van der Waals surface area (Å²) >= 11 is 0. The molecule has 1 spiro atoms. The summed E-state index contributed by atoms with van der Waals surface area (Å²) in [6, 6.07) is 12.7. The first-order chi connectivity index (χ1) is 21.1. The number of nitrogens with zero attached hydrogens (tertiary/aromatic N) is 4. The number of rotatable bonds is 7. The second kappa shape index (κ2) is 10.7. The van der Waals surface area contributed by atoms with Gasteiger partial charge >= 0.3 is 5.76 Å². The topological polar surface area (TPSA) is 162 Å². The van der Waals surface area contributed by atoms with E-state index in [0.717, 1.165) is 35.1 Å². The van der Waals surface area contributed by atoms with Crippen LogP contribution in [0, 0.1) is 11.3 Å². The van der Waals surface area contributed by atoms with Crippen LogP contribution in [-0.4, -0.2) is 65.1 Å². The van der Waals surface area contributed by atoms with Crippen molar-refractivity contribution in [2.75, 3.05) is 20.6 Å². The molecule has 44 heavy (non-hydrogen) atoms. The second-order valence-electron chi connectivity index (χ2n) is 12.0. The van der Waals surface area contributed by atoms with Crippen LogP contribution in [0.1, 0.15) is 81.9 Å². The van der Waals surface area contributed by atoms with Gasteiger partial charge in [-0.2, -0.15) is 15.0 Å². The first-order valence-corrected chi connectivity index (χ1v) is 14.8. The molecule has 1 saturated carbocycles. The maximum Gasteiger partial charge on any atom is 0.460 e. The molecule has 1 fully saturated rings. The zero-order valence-corrected chi connectivity index (χ0v) is 25.2. The van der Waals surface area contributed by atoms with E-state index in [1.54, 1.807) is 38.1 Å². The van der Waals surface area contributed by atoms with Crippen molar-refractivity contribution in [2.45, 2.75) is 69.1 Å². The van der Waals surface area contributed by atoms with Gasteiger partial charge in [-0.1, -0.05) is 12.1 Å². The number of fused-ring (bicyclic) bond motifs is 6. The Hall–Kier alpha value is -4.76. The first kappa shape index (κ1) is 29.3. The molecule has 2 atom stereocenters. The molecule has 3 aliphatic rings. The maximum absolute atomic E-state index is 13.4. The lowest BCUT2D eigenvalue weighted by Gasteiger charge is -2.34. The van der Waals surface area contributed by atoms with E-state index in [9.17, 15) is 24.4 Å². The lowest BCUT2D eigenvalue weighted by atomic mass is 9.69. The van der Waals surface area contributed by atoms with E-state index in [0.29, 0.717) is 36.2 Å². The predicted octanol–water partition coefficient (Wildman–Crippen LogP) is 1.56. The maximum atomic E-state index is 13.4. The van der Waals surface area contributed by atoms with Crippen molar-refractivity contribution >= 4 is 17.7 Å². The Morgan fingerprint density at radius 3 is 2.14 bits per heavy atom. The van der Waals surface area contributed by atoms with Gasteiger partial charge in [0.05, 0.1) is 18.0 Å². The number of hydrogen-bond acceptors (Lipinski definition) is 8. The molecule has 228 valence electrons. The van der Waals surface area contributed by atoms with Crippen LogP contribution in [0.5, 0.6) is 0 Å². The van der Waals surface area contributed by atoms with Crippen LogP contribution in [0.25, 0.3) is 0 Å². The number of aryl methyl sites for hydroxylation is 2. The van der Waals surface area contributed by atoms with Crippen LogP contribution in [0.2, 0.25) is 0 Å². The molecule has 12 nitrogen and oxygen atoms in total. The van der Waals surface area contributed by atoms with Gasteiger partial charge in [-0.3, -0.25) is 19.7 Å². The third kappa shape index (κ3) is 4.59. The first-order valence-electron chi connectivity index (χ1n) is 14.8. The Morgan fingerprint density at radius 2 is 1.64 bits per heavy atom. The Bertz CT molecular complexity index is 1710. The lowest BCUT2D eigenvalue weighted by Crippen LogP contribution is -2.51. The molecule has 1 aliphatic heterocycles. The van der Waals surface area contributed by atoms with E-state index in [1.807, 2.05) is 31.2 Å². The van der Waals surface area contributed by atoms with Gasteiger partial charge in [0.1, 0.15) is 11.7 Å². The quantitative estimate of drug-likeness (QED) is 0.370. The minimum absolute atomic E-state index is 0.0491. The van der Waals surface area contributed by atoms with Crippen molar-refractivity contribution in [3.8, 4) is 6.07 Å². The minimum atomic E-state index is -1.07. The number of aromatic nitrogens is 2. The highest BCUT2D eigenvalue weighted by Gasteiger charge is 2.57. The average Bonchev–Trinajstić information content (AvgIpc) is 3.75. The van der Waals surface area contributed by atoms with E-state index >= 15 is 0 Å². The summed E-state index contributed by atoms with van der Waals surface area (Å²) in [5.74, 6) is -1.04. The van der Waals surface area contributed by atoms with Gasteiger partial charge in [0.15, 0.2) is 5.82 Å². The third-order valence-electron chi connectivity index (χ3n) is 9.22. The number of hydrogen-bond donors (Lipinski definition) is 3. The third-order valence-corrected chi connectivity index (χ3v) is 9.22. The molecule has 12 heteroatoms. The summed E-state index contributed by atoms with van der Waals surface area (Å²) in [6.45, 7) is 3.50. The summed E-state index contributed by atoms with van der Waals surface area (Å²) < 4.78 is 7.17. The van der Waals surface area contributed by atoms with Crippen molar-refractivity contribution in [1.29, 1.82) is 5.26 Å². The predicted molar refractivity (Wildman–Crippen MR) is 159 cm³/mol. The highest BCUT2D eigenvalue weighted by atomic mass is 16.5. The Morgan fingerprint density at radius 1 is 1.07 bits per heavy atom. The molecule has 0 saturated heterocycles. The highest BCUT2D eigenvalue weighted by Crippen LogP contribution is 2.54. The number of benzene rings is 2. The minimum Gasteiger partial charge on any atom is -0.355 e. The number of nitriles is 1. The van der Waals surface area contributed by atoms with Gasteiger partial charge in [0.25, 0.3) is 11.8 Å². The number of nitrogens with one attached hydrogen (secondary N) is 3. The van der Waals surface area contributed by atoms with Crippen LogP contribution in [0.4, 0.5) is 0 Å². The molecule has 2 aliphatic carbocycles. The van der Waals surface area contributed by atoms with Gasteiger partial charge in [0, 0.05) is 37.7 Å². The molecule has 1 unspecified atom stereocenters. The molecule has 3 N–H and O–H groups in total. The lowest BCUT2D eigenvalue weighted by molar-refractivity contribution is -0.132. The van der Waals surface area contributed by atoms with E-state index in [-0.39, 0.29) is 30.3 Å². The molecule has 1 aromatic heterocycles. The number of carbonyl (C=O) groups excluding carboxylic acids is 3. The zero-order valence-electron chi connectivity index (χ0n) is 25.2. The number of carbonyl (C=O) groups is 3. The fraction of sp³-hybridized carbons (Fsp3) is 0.438. The molecule has 2 heterocycles. The largest absolute Gasteiger partial charge is 0.460 e. The molecule has 6 rings (SSSR count). The molecule has 3 amide bonds. The van der Waals surface area contributed by atoms with E-state index in [4.69, 9.17) is 4.52 Å². The van der Waals surface area contributed by atoms with Gasteiger partial charge in [-0.05, 0) is 86.1 Å². The highest BCUT2D eigenvalue weighted by molar-refractivity contribution is 5.95. The van der Waals surface area contributed by atoms with Crippen molar-refractivity contribution in [3.05, 3.63) is 86.2 Å².